The SMILES string of the molecule is C[C@@H](c1ccc(F)cc1)[S@](=O)Cc1nnnn1C1CC1. The van der Waals surface area contributed by atoms with Crippen molar-refractivity contribution in [3.8, 4) is 0 Å². The summed E-state index contributed by atoms with van der Waals surface area (Å²) in [6, 6.07) is 6.48. The van der Waals surface area contributed by atoms with E-state index in [0.717, 1.165) is 18.4 Å². The molecule has 0 aliphatic heterocycles. The zero-order valence-corrected chi connectivity index (χ0v) is 11.9. The Balaban J connectivity index is 1.72. The maximum atomic E-state index is 12.9. The molecule has 20 heavy (non-hydrogen) atoms. The molecule has 0 saturated heterocycles. The Labute approximate surface area is 118 Å². The third-order valence-corrected chi connectivity index (χ3v) is 5.06. The van der Waals surface area contributed by atoms with E-state index in [0.29, 0.717) is 17.6 Å². The first-order chi connectivity index (χ1) is 9.65. The Morgan fingerprint density at radius 1 is 1.40 bits per heavy atom. The van der Waals surface area contributed by atoms with E-state index in [1.54, 1.807) is 16.8 Å². The molecule has 106 valence electrons. The van der Waals surface area contributed by atoms with Gasteiger partial charge in [0.25, 0.3) is 0 Å². The number of benzene rings is 1. The Kier molecular flexibility index (Phi) is 3.60. The zero-order chi connectivity index (χ0) is 14.1. The van der Waals surface area contributed by atoms with Gasteiger partial charge in [-0.3, -0.25) is 4.21 Å². The number of rotatable bonds is 5. The van der Waals surface area contributed by atoms with Gasteiger partial charge in [-0.15, -0.1) is 5.10 Å². The number of aromatic nitrogens is 4. The van der Waals surface area contributed by atoms with Crippen molar-refractivity contribution in [3.63, 3.8) is 0 Å². The van der Waals surface area contributed by atoms with Crippen LogP contribution in [-0.2, 0) is 16.6 Å². The minimum atomic E-state index is -1.14. The van der Waals surface area contributed by atoms with Crippen LogP contribution in [0.3, 0.4) is 0 Å². The minimum Gasteiger partial charge on any atom is -0.258 e. The van der Waals surface area contributed by atoms with Gasteiger partial charge < -0.3 is 0 Å². The molecule has 0 radical (unpaired) electrons. The van der Waals surface area contributed by atoms with Crippen molar-refractivity contribution < 1.29 is 8.60 Å². The van der Waals surface area contributed by atoms with Gasteiger partial charge in [-0.1, -0.05) is 12.1 Å². The standard InChI is InChI=1S/C13H15FN4OS/c1-9(10-2-4-11(14)5-3-10)20(19)8-13-15-16-17-18(13)12-6-7-12/h2-5,9,12H,6-8H2,1H3/t9-,20+/m0/s1. The van der Waals surface area contributed by atoms with Crippen molar-refractivity contribution in [1.82, 2.24) is 20.2 Å². The van der Waals surface area contributed by atoms with Gasteiger partial charge in [0.15, 0.2) is 5.82 Å². The van der Waals surface area contributed by atoms with Gasteiger partial charge >= 0.3 is 0 Å². The van der Waals surface area contributed by atoms with Crippen LogP contribution >= 0.6 is 0 Å². The van der Waals surface area contributed by atoms with Gasteiger partial charge in [-0.25, -0.2) is 9.07 Å². The van der Waals surface area contributed by atoms with Gasteiger partial charge in [-0.05, 0) is 47.9 Å². The fraction of sp³-hybridized carbons (Fsp3) is 0.462. The van der Waals surface area contributed by atoms with Crippen LogP contribution in [-0.4, -0.2) is 24.4 Å². The molecule has 1 fully saturated rings. The van der Waals surface area contributed by atoms with Crippen molar-refractivity contribution in [1.29, 1.82) is 0 Å². The average Bonchev–Trinajstić information content (AvgIpc) is 3.19. The molecule has 1 aliphatic carbocycles. The molecule has 0 amide bonds. The number of hydrogen-bond donors (Lipinski definition) is 0. The van der Waals surface area contributed by atoms with Crippen LogP contribution in [0.5, 0.6) is 0 Å². The highest BCUT2D eigenvalue weighted by molar-refractivity contribution is 7.84. The normalized spacial score (nSPS) is 17.9. The first-order valence-corrected chi connectivity index (χ1v) is 7.92. The predicted molar refractivity (Wildman–Crippen MR) is 72.7 cm³/mol. The van der Waals surface area contributed by atoms with Gasteiger partial charge in [0, 0.05) is 10.8 Å². The molecule has 7 heteroatoms. The van der Waals surface area contributed by atoms with E-state index in [1.807, 2.05) is 6.92 Å². The van der Waals surface area contributed by atoms with E-state index in [-0.39, 0.29) is 11.1 Å². The van der Waals surface area contributed by atoms with E-state index in [4.69, 9.17) is 0 Å². The van der Waals surface area contributed by atoms with Crippen molar-refractivity contribution >= 4 is 10.8 Å². The van der Waals surface area contributed by atoms with Crippen molar-refractivity contribution in [2.45, 2.75) is 36.8 Å². The molecule has 3 rings (SSSR count). The number of halogens is 1. The van der Waals surface area contributed by atoms with Crippen molar-refractivity contribution in [3.05, 3.63) is 41.5 Å². The molecule has 1 saturated carbocycles. The maximum absolute atomic E-state index is 12.9. The zero-order valence-electron chi connectivity index (χ0n) is 11.1. The summed E-state index contributed by atoms with van der Waals surface area (Å²) in [6.07, 6.45) is 2.16. The largest absolute Gasteiger partial charge is 0.258 e. The van der Waals surface area contributed by atoms with E-state index < -0.39 is 10.8 Å². The van der Waals surface area contributed by atoms with Crippen LogP contribution < -0.4 is 0 Å². The molecule has 5 nitrogen and oxygen atoms in total. The second-order valence-electron chi connectivity index (χ2n) is 4.99. The fourth-order valence-corrected chi connectivity index (χ4v) is 3.20. The topological polar surface area (TPSA) is 60.7 Å². The molecule has 0 bridgehead atoms. The summed E-state index contributed by atoms with van der Waals surface area (Å²) in [5.41, 5.74) is 0.857. The van der Waals surface area contributed by atoms with Crippen LogP contribution in [0.25, 0.3) is 0 Å². The lowest BCUT2D eigenvalue weighted by molar-refractivity contribution is 0.590. The molecular formula is C13H15FN4OS. The molecule has 0 spiro atoms. The Bertz CT molecular complexity index is 624. The Morgan fingerprint density at radius 3 is 2.75 bits per heavy atom. The summed E-state index contributed by atoms with van der Waals surface area (Å²) < 4.78 is 27.1. The monoisotopic (exact) mass is 294 g/mol. The molecule has 0 unspecified atom stereocenters. The van der Waals surface area contributed by atoms with Crippen molar-refractivity contribution in [2.24, 2.45) is 0 Å². The Hall–Kier alpha value is -1.63. The maximum Gasteiger partial charge on any atom is 0.164 e. The average molecular weight is 294 g/mol. The molecule has 1 aromatic carbocycles. The third-order valence-electron chi connectivity index (χ3n) is 3.46. The fourth-order valence-electron chi connectivity index (χ4n) is 2.05. The first kappa shape index (κ1) is 13.4. The summed E-state index contributed by atoms with van der Waals surface area (Å²) in [7, 11) is -1.14. The van der Waals surface area contributed by atoms with E-state index in [9.17, 15) is 8.60 Å². The summed E-state index contributed by atoms with van der Waals surface area (Å²) >= 11 is 0. The minimum absolute atomic E-state index is 0.181. The molecule has 1 heterocycles. The summed E-state index contributed by atoms with van der Waals surface area (Å²) in [5.74, 6) is 0.700. The summed E-state index contributed by atoms with van der Waals surface area (Å²) in [5, 5.41) is 11.4. The van der Waals surface area contributed by atoms with E-state index in [1.165, 1.54) is 12.1 Å². The van der Waals surface area contributed by atoms with Crippen LogP contribution in [0, 0.1) is 5.82 Å². The first-order valence-electron chi connectivity index (χ1n) is 6.54. The van der Waals surface area contributed by atoms with Gasteiger partial charge in [-0.2, -0.15) is 0 Å². The molecule has 1 aromatic heterocycles. The van der Waals surface area contributed by atoms with Crippen LogP contribution in [0.4, 0.5) is 4.39 Å². The number of nitrogens with zero attached hydrogens (tertiary/aromatic N) is 4. The second kappa shape index (κ2) is 5.40. The highest BCUT2D eigenvalue weighted by Crippen LogP contribution is 2.35. The molecule has 2 atom stereocenters. The van der Waals surface area contributed by atoms with Crippen LogP contribution in [0.1, 0.15) is 42.4 Å². The number of tetrazole rings is 1. The second-order valence-corrected chi connectivity index (χ2v) is 6.75. The Morgan fingerprint density at radius 2 is 2.10 bits per heavy atom. The predicted octanol–water partition coefficient (Wildman–Crippen LogP) is 2.16. The quantitative estimate of drug-likeness (QED) is 0.848. The van der Waals surface area contributed by atoms with Gasteiger partial charge in [0.2, 0.25) is 0 Å². The highest BCUT2D eigenvalue weighted by atomic mass is 32.2. The van der Waals surface area contributed by atoms with E-state index in [2.05, 4.69) is 15.5 Å². The van der Waals surface area contributed by atoms with Crippen LogP contribution in [0.15, 0.2) is 24.3 Å². The lowest BCUT2D eigenvalue weighted by Crippen LogP contribution is -2.11. The highest BCUT2D eigenvalue weighted by Gasteiger charge is 2.28. The molecule has 1 aliphatic rings. The van der Waals surface area contributed by atoms with Crippen molar-refractivity contribution in [2.75, 3.05) is 0 Å². The molecular weight excluding hydrogens is 279 g/mol. The molecule has 0 N–H and O–H groups in total. The van der Waals surface area contributed by atoms with Gasteiger partial charge in [0.05, 0.1) is 17.0 Å². The lowest BCUT2D eigenvalue weighted by atomic mass is 10.2. The molecule has 2 aromatic rings. The number of hydrogen-bond acceptors (Lipinski definition) is 4. The third kappa shape index (κ3) is 2.77. The summed E-state index contributed by atoms with van der Waals surface area (Å²) in [6.45, 7) is 1.87. The van der Waals surface area contributed by atoms with Crippen LogP contribution in [0.2, 0.25) is 0 Å². The lowest BCUT2D eigenvalue weighted by Gasteiger charge is -2.11. The van der Waals surface area contributed by atoms with Gasteiger partial charge in [0.1, 0.15) is 5.82 Å². The smallest absolute Gasteiger partial charge is 0.164 e. The van der Waals surface area contributed by atoms with E-state index >= 15 is 0 Å². The summed E-state index contributed by atoms with van der Waals surface area (Å²) in [4.78, 5) is 0.